The second-order valence-electron chi connectivity index (χ2n) is 15.2. The number of ether oxygens (including phenoxy) is 4. The van der Waals surface area contributed by atoms with Gasteiger partial charge in [0.2, 0.25) is 29.5 Å². The molecule has 326 valence electrons. The average molecular weight is 859 g/mol. The zero-order valence-electron chi connectivity index (χ0n) is 35.7. The van der Waals surface area contributed by atoms with Crippen molar-refractivity contribution in [3.05, 3.63) is 83.4 Å². The van der Waals surface area contributed by atoms with Gasteiger partial charge in [0, 0.05) is 40.4 Å². The summed E-state index contributed by atoms with van der Waals surface area (Å²) in [5.41, 5.74) is 2.10. The molecule has 0 saturated carbocycles. The van der Waals surface area contributed by atoms with E-state index >= 15 is 0 Å². The SMILES string of the molecule is COC(=O)CC[C@@H]1NC(=O)[C@@H](C)NC(=O)[C@@H]2Cc3ccc(OC)c(c3)Oc3ccc(cc3)C[C@@H](C(=O)N2C)N(C)C(=O)[C@H](C)NC(=S)[C@H](Cc2ccc(OC)cc2)N(C)C1=O. The maximum Gasteiger partial charge on any atom is 0.305 e. The molecule has 3 N–H and O–H groups in total. The highest BCUT2D eigenvalue weighted by Crippen LogP contribution is 2.34. The van der Waals surface area contributed by atoms with Crippen molar-refractivity contribution in [2.45, 2.75) is 82.2 Å². The first kappa shape index (κ1) is 45.8. The molecule has 0 aliphatic carbocycles. The molecule has 16 nitrogen and oxygen atoms in total. The first-order chi connectivity index (χ1) is 29.0. The van der Waals surface area contributed by atoms with Gasteiger partial charge in [-0.25, -0.2) is 0 Å². The number of thiocarbonyl (C=S) groups is 1. The number of benzene rings is 3. The summed E-state index contributed by atoms with van der Waals surface area (Å²) in [6.07, 6.45) is -0.0870. The topological polar surface area (TPSA) is 185 Å². The Hall–Kier alpha value is -6.23. The standard InChI is InChI=1S/C44H54N6O10S/c1-25-39(52)47-32(18-20-38(51)59-8)43(55)49(4)34(21-27-9-14-30(57-6)15-10-27)41(61)46-26(2)42(54)50(5)35-22-28-11-16-31(17-12-28)60-37-24-29(13-19-36(37)58-7)23-33(40(53)45-25)48(3)44(35)56/h9-17,19,24-26,32-35H,18,20-23H2,1-8H3,(H,45,53)(H,46,61)(H,47,52)/t25-,26+,32+,33+,34+,35+/m1/s1. The number of hydrogen-bond acceptors (Lipinski definition) is 11. The summed E-state index contributed by atoms with van der Waals surface area (Å²) in [5, 5.41) is 8.59. The van der Waals surface area contributed by atoms with Crippen LogP contribution in [0.1, 0.15) is 43.4 Å². The smallest absolute Gasteiger partial charge is 0.305 e. The van der Waals surface area contributed by atoms with Gasteiger partial charge < -0.3 is 49.6 Å². The Kier molecular flexibility index (Phi) is 15.3. The number of nitrogens with zero attached hydrogens (tertiary/aromatic N) is 3. The van der Waals surface area contributed by atoms with E-state index in [0.29, 0.717) is 34.1 Å². The van der Waals surface area contributed by atoms with Crippen molar-refractivity contribution in [2.75, 3.05) is 42.5 Å². The molecule has 1 fully saturated rings. The fourth-order valence-corrected chi connectivity index (χ4v) is 7.71. The molecule has 6 rings (SSSR count). The molecular weight excluding hydrogens is 805 g/mol. The molecule has 0 radical (unpaired) electrons. The highest BCUT2D eigenvalue weighted by Gasteiger charge is 2.39. The Morgan fingerprint density at radius 1 is 0.721 bits per heavy atom. The van der Waals surface area contributed by atoms with Crippen LogP contribution >= 0.6 is 12.2 Å². The predicted octanol–water partition coefficient (Wildman–Crippen LogP) is 2.58. The van der Waals surface area contributed by atoms with Crippen LogP contribution in [0.3, 0.4) is 0 Å². The van der Waals surface area contributed by atoms with Crippen LogP contribution < -0.4 is 30.2 Å². The molecule has 3 aromatic carbocycles. The monoisotopic (exact) mass is 858 g/mol. The van der Waals surface area contributed by atoms with Gasteiger partial charge in [0.25, 0.3) is 0 Å². The first-order valence-electron chi connectivity index (χ1n) is 19.9. The average Bonchev–Trinajstić information content (AvgIpc) is 3.26. The summed E-state index contributed by atoms with van der Waals surface area (Å²) >= 11 is 5.95. The minimum atomic E-state index is -1.26. The van der Waals surface area contributed by atoms with Gasteiger partial charge in [-0.15, -0.1) is 0 Å². The van der Waals surface area contributed by atoms with Crippen molar-refractivity contribution in [3.8, 4) is 23.0 Å². The molecule has 0 spiro atoms. The van der Waals surface area contributed by atoms with E-state index in [1.54, 1.807) is 68.6 Å². The lowest BCUT2D eigenvalue weighted by Crippen LogP contribution is -2.61. The van der Waals surface area contributed by atoms with E-state index in [2.05, 4.69) is 16.0 Å². The van der Waals surface area contributed by atoms with E-state index in [1.165, 1.54) is 57.0 Å². The summed E-state index contributed by atoms with van der Waals surface area (Å²) in [6, 6.07) is 12.8. The van der Waals surface area contributed by atoms with Crippen molar-refractivity contribution < 1.29 is 47.7 Å². The number of hydrogen-bond donors (Lipinski definition) is 3. The van der Waals surface area contributed by atoms with Crippen LogP contribution in [0.5, 0.6) is 23.0 Å². The second-order valence-corrected chi connectivity index (χ2v) is 15.7. The molecule has 0 unspecified atom stereocenters. The third-order valence-electron chi connectivity index (χ3n) is 11.1. The molecule has 6 bridgehead atoms. The van der Waals surface area contributed by atoms with Gasteiger partial charge >= 0.3 is 5.97 Å². The summed E-state index contributed by atoms with van der Waals surface area (Å²) in [5.74, 6) is -1.62. The Bertz CT molecular complexity index is 2120. The largest absolute Gasteiger partial charge is 0.497 e. The van der Waals surface area contributed by atoms with Crippen LogP contribution in [0.2, 0.25) is 0 Å². The molecule has 17 heteroatoms. The van der Waals surface area contributed by atoms with Gasteiger partial charge in [-0.2, -0.15) is 0 Å². The van der Waals surface area contributed by atoms with Crippen LogP contribution in [0.15, 0.2) is 66.7 Å². The lowest BCUT2D eigenvalue weighted by atomic mass is 9.98. The van der Waals surface area contributed by atoms with Crippen LogP contribution in [0, 0.1) is 0 Å². The Labute approximate surface area is 361 Å². The molecule has 3 aliphatic heterocycles. The number of esters is 1. The molecular formula is C44H54N6O10S. The van der Waals surface area contributed by atoms with Crippen LogP contribution in [-0.4, -0.2) is 134 Å². The predicted molar refractivity (Wildman–Crippen MR) is 229 cm³/mol. The van der Waals surface area contributed by atoms with Crippen LogP contribution in [0.25, 0.3) is 0 Å². The molecule has 5 amide bonds. The fourth-order valence-electron chi connectivity index (χ4n) is 7.29. The van der Waals surface area contributed by atoms with Gasteiger partial charge in [-0.3, -0.25) is 28.8 Å². The lowest BCUT2D eigenvalue weighted by Gasteiger charge is -2.37. The van der Waals surface area contributed by atoms with Crippen molar-refractivity contribution in [1.29, 1.82) is 0 Å². The number of methoxy groups -OCH3 is 3. The summed E-state index contributed by atoms with van der Waals surface area (Å²) < 4.78 is 21.9. The molecule has 6 atom stereocenters. The number of fused-ring (bicyclic) bond motifs is 2. The van der Waals surface area contributed by atoms with Gasteiger partial charge in [0.05, 0.1) is 32.4 Å². The number of rotatable bonds is 7. The zero-order valence-corrected chi connectivity index (χ0v) is 36.5. The Balaban J connectivity index is 1.61. The quantitative estimate of drug-likeness (QED) is 0.234. The van der Waals surface area contributed by atoms with Crippen molar-refractivity contribution in [2.24, 2.45) is 0 Å². The third-order valence-corrected chi connectivity index (χ3v) is 11.5. The minimum Gasteiger partial charge on any atom is -0.497 e. The molecule has 3 aromatic rings. The maximum atomic E-state index is 14.8. The van der Waals surface area contributed by atoms with E-state index < -0.39 is 71.8 Å². The highest BCUT2D eigenvalue weighted by atomic mass is 32.1. The molecule has 61 heavy (non-hydrogen) atoms. The molecule has 3 heterocycles. The van der Waals surface area contributed by atoms with Crippen molar-refractivity contribution >= 4 is 52.7 Å². The number of carbonyl (C=O) groups is 6. The highest BCUT2D eigenvalue weighted by molar-refractivity contribution is 7.80. The number of likely N-dealkylation sites (N-methyl/N-ethyl adjacent to an activating group) is 3. The summed E-state index contributed by atoms with van der Waals surface area (Å²) in [7, 11) is 8.80. The van der Waals surface area contributed by atoms with Crippen LogP contribution in [-0.2, 0) is 52.8 Å². The number of carbonyl (C=O) groups excluding carboxylic acids is 6. The maximum absolute atomic E-state index is 14.8. The van der Waals surface area contributed by atoms with E-state index in [9.17, 15) is 28.8 Å². The number of amides is 5. The van der Waals surface area contributed by atoms with E-state index in [0.717, 1.165) is 5.56 Å². The van der Waals surface area contributed by atoms with Crippen LogP contribution in [0.4, 0.5) is 0 Å². The molecule has 1 saturated heterocycles. The summed E-state index contributed by atoms with van der Waals surface area (Å²) in [6.45, 7) is 3.06. The second kappa shape index (κ2) is 20.4. The fraction of sp³-hybridized carbons (Fsp3) is 0.432. The lowest BCUT2D eigenvalue weighted by molar-refractivity contribution is -0.148. The van der Waals surface area contributed by atoms with Gasteiger partial charge in [-0.05, 0) is 79.8 Å². The van der Waals surface area contributed by atoms with E-state index in [1.807, 2.05) is 12.1 Å². The van der Waals surface area contributed by atoms with E-state index in [4.69, 9.17) is 31.2 Å². The third kappa shape index (κ3) is 11.1. The zero-order chi connectivity index (χ0) is 44.5. The number of nitrogens with one attached hydrogen (secondary N) is 3. The van der Waals surface area contributed by atoms with E-state index in [-0.39, 0.29) is 37.1 Å². The first-order valence-corrected chi connectivity index (χ1v) is 20.3. The molecule has 0 aromatic heterocycles. The van der Waals surface area contributed by atoms with Crippen molar-refractivity contribution in [1.82, 2.24) is 30.7 Å². The minimum absolute atomic E-state index is 0.0163. The molecule has 3 aliphatic rings. The Morgan fingerprint density at radius 2 is 1.36 bits per heavy atom. The Morgan fingerprint density at radius 3 is 2.00 bits per heavy atom. The summed E-state index contributed by atoms with van der Waals surface area (Å²) in [4.78, 5) is 88.4. The van der Waals surface area contributed by atoms with Crippen molar-refractivity contribution in [3.63, 3.8) is 0 Å². The van der Waals surface area contributed by atoms with Gasteiger partial charge in [-0.1, -0.05) is 42.5 Å². The van der Waals surface area contributed by atoms with Gasteiger partial charge in [0.15, 0.2) is 11.5 Å². The normalized spacial score (nSPS) is 23.2. The van der Waals surface area contributed by atoms with Gasteiger partial charge in [0.1, 0.15) is 41.7 Å².